The van der Waals surface area contributed by atoms with Gasteiger partial charge in [-0.15, -0.1) is 0 Å². The first-order chi connectivity index (χ1) is 9.15. The lowest BCUT2D eigenvalue weighted by atomic mass is 10.1. The van der Waals surface area contributed by atoms with Crippen molar-refractivity contribution in [2.75, 3.05) is 25.2 Å². The first-order valence-electron chi connectivity index (χ1n) is 7.11. The molecule has 1 aliphatic rings. The summed E-state index contributed by atoms with van der Waals surface area (Å²) in [5.74, 6) is 1.81. The van der Waals surface area contributed by atoms with Crippen molar-refractivity contribution in [1.29, 1.82) is 0 Å². The van der Waals surface area contributed by atoms with Gasteiger partial charge in [-0.05, 0) is 38.7 Å². The zero-order valence-corrected chi connectivity index (χ0v) is 12.2. The fourth-order valence-electron chi connectivity index (χ4n) is 2.53. The van der Waals surface area contributed by atoms with Gasteiger partial charge in [0.1, 0.15) is 5.82 Å². The van der Waals surface area contributed by atoms with E-state index >= 15 is 0 Å². The molecule has 19 heavy (non-hydrogen) atoms. The molecule has 1 saturated carbocycles. The van der Waals surface area contributed by atoms with Gasteiger partial charge in [0.15, 0.2) is 0 Å². The lowest BCUT2D eigenvalue weighted by molar-refractivity contribution is 0.202. The zero-order chi connectivity index (χ0) is 13.8. The smallest absolute Gasteiger partial charge is 0.133 e. The minimum absolute atomic E-state index is 0.000137. The maximum absolute atomic E-state index is 6.07. The Kier molecular flexibility index (Phi) is 4.77. The molecule has 2 rings (SSSR count). The van der Waals surface area contributed by atoms with E-state index in [4.69, 9.17) is 10.5 Å². The predicted octanol–water partition coefficient (Wildman–Crippen LogP) is 2.35. The summed E-state index contributed by atoms with van der Waals surface area (Å²) in [6.07, 6.45) is 4.50. The molecule has 1 fully saturated rings. The summed E-state index contributed by atoms with van der Waals surface area (Å²) in [5.41, 5.74) is 7.19. The van der Waals surface area contributed by atoms with Gasteiger partial charge in [0, 0.05) is 37.5 Å². The van der Waals surface area contributed by atoms with Gasteiger partial charge in [-0.3, -0.25) is 0 Å². The highest BCUT2D eigenvalue weighted by Gasteiger charge is 2.33. The van der Waals surface area contributed by atoms with Crippen molar-refractivity contribution in [1.82, 2.24) is 4.98 Å². The third-order valence-electron chi connectivity index (χ3n) is 3.91. The molecule has 0 radical (unpaired) electrons. The molecule has 4 nitrogen and oxygen atoms in total. The van der Waals surface area contributed by atoms with Crippen LogP contribution in [0.4, 0.5) is 5.82 Å². The van der Waals surface area contributed by atoms with Gasteiger partial charge in [-0.25, -0.2) is 4.98 Å². The van der Waals surface area contributed by atoms with Crippen LogP contribution in [-0.4, -0.2) is 31.3 Å². The van der Waals surface area contributed by atoms with E-state index in [-0.39, 0.29) is 6.04 Å². The van der Waals surface area contributed by atoms with Crippen LogP contribution in [0.15, 0.2) is 18.3 Å². The van der Waals surface area contributed by atoms with Crippen molar-refractivity contribution in [2.45, 2.75) is 38.8 Å². The fraction of sp³-hybridized carbons (Fsp3) is 0.667. The molecule has 0 saturated heterocycles. The van der Waals surface area contributed by atoms with Gasteiger partial charge >= 0.3 is 0 Å². The summed E-state index contributed by atoms with van der Waals surface area (Å²) < 4.78 is 5.24. The molecular weight excluding hydrogens is 238 g/mol. The molecular formula is C15H25N3O. The van der Waals surface area contributed by atoms with E-state index in [9.17, 15) is 0 Å². The fourth-order valence-corrected chi connectivity index (χ4v) is 2.53. The van der Waals surface area contributed by atoms with Crippen molar-refractivity contribution >= 4 is 5.82 Å². The molecule has 0 aromatic carbocycles. The van der Waals surface area contributed by atoms with Crippen LogP contribution in [-0.2, 0) is 4.74 Å². The van der Waals surface area contributed by atoms with Crippen LogP contribution in [0.3, 0.4) is 0 Å². The second-order valence-corrected chi connectivity index (χ2v) is 5.47. The Labute approximate surface area is 116 Å². The Morgan fingerprint density at radius 3 is 2.79 bits per heavy atom. The SMILES string of the molecule is COCCN(c1ncccc1[C@H](C)N)C(C)C1CC1. The Morgan fingerprint density at radius 2 is 2.21 bits per heavy atom. The highest BCUT2D eigenvalue weighted by molar-refractivity contribution is 5.49. The Balaban J connectivity index is 2.25. The number of methoxy groups -OCH3 is 1. The Bertz CT molecular complexity index is 404. The summed E-state index contributed by atoms with van der Waals surface area (Å²) in [4.78, 5) is 6.94. The lowest BCUT2D eigenvalue weighted by Crippen LogP contribution is -2.39. The van der Waals surface area contributed by atoms with Crippen LogP contribution in [0.25, 0.3) is 0 Å². The summed E-state index contributed by atoms with van der Waals surface area (Å²) >= 11 is 0. The molecule has 0 bridgehead atoms. The topological polar surface area (TPSA) is 51.4 Å². The van der Waals surface area contributed by atoms with E-state index < -0.39 is 0 Å². The first kappa shape index (κ1) is 14.3. The highest BCUT2D eigenvalue weighted by Crippen LogP contribution is 2.37. The molecule has 1 aliphatic carbocycles. The number of anilines is 1. The van der Waals surface area contributed by atoms with Crippen LogP contribution < -0.4 is 10.6 Å². The summed E-state index contributed by atoms with van der Waals surface area (Å²) in [7, 11) is 1.74. The number of rotatable bonds is 7. The molecule has 1 aromatic heterocycles. The van der Waals surface area contributed by atoms with Gasteiger partial charge < -0.3 is 15.4 Å². The molecule has 106 valence electrons. The molecule has 0 spiro atoms. The third kappa shape index (κ3) is 3.45. The van der Waals surface area contributed by atoms with Gasteiger partial charge in [0.2, 0.25) is 0 Å². The second-order valence-electron chi connectivity index (χ2n) is 5.47. The summed E-state index contributed by atoms with van der Waals surface area (Å²) in [6, 6.07) is 4.54. The monoisotopic (exact) mass is 263 g/mol. The van der Waals surface area contributed by atoms with E-state index in [1.54, 1.807) is 7.11 Å². The lowest BCUT2D eigenvalue weighted by Gasteiger charge is -2.32. The minimum atomic E-state index is 0.000137. The largest absolute Gasteiger partial charge is 0.383 e. The number of hydrogen-bond acceptors (Lipinski definition) is 4. The molecule has 1 unspecified atom stereocenters. The van der Waals surface area contributed by atoms with Crippen molar-refractivity contribution in [2.24, 2.45) is 11.7 Å². The first-order valence-corrected chi connectivity index (χ1v) is 7.11. The Hall–Kier alpha value is -1.13. The van der Waals surface area contributed by atoms with Crippen molar-refractivity contribution in [3.05, 3.63) is 23.9 Å². The summed E-state index contributed by atoms with van der Waals surface area (Å²) in [6.45, 7) is 5.88. The number of ether oxygens (including phenoxy) is 1. The molecule has 4 heteroatoms. The van der Waals surface area contributed by atoms with E-state index in [1.807, 2.05) is 19.2 Å². The Morgan fingerprint density at radius 1 is 1.47 bits per heavy atom. The molecule has 0 amide bonds. The van der Waals surface area contributed by atoms with E-state index in [0.717, 1.165) is 23.8 Å². The minimum Gasteiger partial charge on any atom is -0.383 e. The van der Waals surface area contributed by atoms with Crippen molar-refractivity contribution in [3.8, 4) is 0 Å². The van der Waals surface area contributed by atoms with E-state index in [2.05, 4.69) is 22.9 Å². The number of pyridine rings is 1. The maximum atomic E-state index is 6.07. The quantitative estimate of drug-likeness (QED) is 0.820. The normalized spacial score (nSPS) is 18.1. The van der Waals surface area contributed by atoms with Crippen LogP contribution in [0.2, 0.25) is 0 Å². The van der Waals surface area contributed by atoms with Crippen molar-refractivity contribution < 1.29 is 4.74 Å². The number of nitrogens with two attached hydrogens (primary N) is 1. The van der Waals surface area contributed by atoms with Crippen LogP contribution in [0.1, 0.15) is 38.3 Å². The average molecular weight is 263 g/mol. The second kappa shape index (κ2) is 6.35. The molecule has 0 aliphatic heterocycles. The van der Waals surface area contributed by atoms with Crippen LogP contribution in [0, 0.1) is 5.92 Å². The number of aromatic nitrogens is 1. The highest BCUT2D eigenvalue weighted by atomic mass is 16.5. The molecule has 2 N–H and O–H groups in total. The molecule has 1 aromatic rings. The van der Waals surface area contributed by atoms with Crippen LogP contribution >= 0.6 is 0 Å². The number of hydrogen-bond donors (Lipinski definition) is 1. The maximum Gasteiger partial charge on any atom is 0.133 e. The number of nitrogens with zero attached hydrogens (tertiary/aromatic N) is 2. The zero-order valence-electron chi connectivity index (χ0n) is 12.2. The predicted molar refractivity (Wildman–Crippen MR) is 78.2 cm³/mol. The van der Waals surface area contributed by atoms with Crippen molar-refractivity contribution in [3.63, 3.8) is 0 Å². The van der Waals surface area contributed by atoms with Gasteiger partial charge in [0.25, 0.3) is 0 Å². The molecule has 2 atom stereocenters. The van der Waals surface area contributed by atoms with Gasteiger partial charge in [0.05, 0.1) is 6.61 Å². The average Bonchev–Trinajstić information content (AvgIpc) is 3.23. The summed E-state index contributed by atoms with van der Waals surface area (Å²) in [5, 5.41) is 0. The van der Waals surface area contributed by atoms with Crippen LogP contribution in [0.5, 0.6) is 0 Å². The molecule has 1 heterocycles. The standard InChI is InChI=1S/C15H25N3O/c1-11(16)14-5-4-8-17-15(14)18(9-10-19-3)12(2)13-6-7-13/h4-5,8,11-13H,6-7,9-10,16H2,1-3H3/t11-,12?/m0/s1. The third-order valence-corrected chi connectivity index (χ3v) is 3.91. The van der Waals surface area contributed by atoms with Gasteiger partial charge in [-0.1, -0.05) is 6.07 Å². The van der Waals surface area contributed by atoms with E-state index in [1.165, 1.54) is 12.8 Å². The van der Waals surface area contributed by atoms with E-state index in [0.29, 0.717) is 12.6 Å². The van der Waals surface area contributed by atoms with Gasteiger partial charge in [-0.2, -0.15) is 0 Å².